The maximum atomic E-state index is 12.7. The predicted molar refractivity (Wildman–Crippen MR) is 94.6 cm³/mol. The van der Waals surface area contributed by atoms with Crippen LogP contribution in [0.5, 0.6) is 5.75 Å². The van der Waals surface area contributed by atoms with Gasteiger partial charge in [-0.3, -0.25) is 9.78 Å². The average molecular weight is 381 g/mol. The molecular weight excluding hydrogens is 362 g/mol. The molecule has 0 spiro atoms. The Morgan fingerprint density at radius 1 is 1.48 bits per heavy atom. The van der Waals surface area contributed by atoms with Gasteiger partial charge in [-0.1, -0.05) is 0 Å². The number of carbonyl (C=O) groups is 1. The number of hydrogen-bond donors (Lipinski definition) is 0. The van der Waals surface area contributed by atoms with Gasteiger partial charge in [0.1, 0.15) is 22.2 Å². The van der Waals surface area contributed by atoms with Gasteiger partial charge in [-0.2, -0.15) is 0 Å². The topological polar surface area (TPSA) is 89.5 Å². The van der Waals surface area contributed by atoms with Crippen LogP contribution in [0.25, 0.3) is 0 Å². The first-order valence-corrected chi connectivity index (χ1v) is 10.5. The Balaban J connectivity index is 1.68. The van der Waals surface area contributed by atoms with Crippen LogP contribution in [-0.4, -0.2) is 53.8 Å². The molecule has 0 aliphatic carbocycles. The van der Waals surface area contributed by atoms with Crippen LogP contribution in [0, 0.1) is 6.92 Å². The van der Waals surface area contributed by atoms with E-state index in [0.29, 0.717) is 27.7 Å². The molecule has 1 saturated heterocycles. The van der Waals surface area contributed by atoms with Crippen molar-refractivity contribution in [3.8, 4) is 5.75 Å². The standard InChI is InChI=1S/C16H19N3O4S2/c1-11-15(16(20)19(2)12-5-7-25(21,22)10-12)24-14(18-11)9-23-13-4-3-6-17-8-13/h3-4,6,8,12H,5,7,9-10H2,1-2H3. The second-order valence-corrected chi connectivity index (χ2v) is 9.28. The number of thiazole rings is 1. The van der Waals surface area contributed by atoms with Crippen molar-refractivity contribution in [3.63, 3.8) is 0 Å². The normalized spacial score (nSPS) is 18.9. The number of amides is 1. The smallest absolute Gasteiger partial charge is 0.265 e. The summed E-state index contributed by atoms with van der Waals surface area (Å²) in [7, 11) is -1.38. The van der Waals surface area contributed by atoms with Crippen LogP contribution in [0.4, 0.5) is 0 Å². The Morgan fingerprint density at radius 3 is 2.92 bits per heavy atom. The van der Waals surface area contributed by atoms with Gasteiger partial charge in [0, 0.05) is 19.3 Å². The van der Waals surface area contributed by atoms with Crippen LogP contribution >= 0.6 is 11.3 Å². The molecule has 7 nitrogen and oxygen atoms in total. The lowest BCUT2D eigenvalue weighted by Crippen LogP contribution is -2.37. The molecule has 2 aromatic heterocycles. The number of pyridine rings is 1. The Labute approximate surface area is 150 Å². The molecule has 0 radical (unpaired) electrons. The molecule has 1 aliphatic heterocycles. The third-order valence-electron chi connectivity index (χ3n) is 4.11. The molecule has 1 amide bonds. The van der Waals surface area contributed by atoms with Gasteiger partial charge in [-0.05, 0) is 25.5 Å². The minimum Gasteiger partial charge on any atom is -0.485 e. The summed E-state index contributed by atoms with van der Waals surface area (Å²) >= 11 is 1.28. The molecule has 0 bridgehead atoms. The Kier molecular flexibility index (Phi) is 5.05. The van der Waals surface area contributed by atoms with E-state index in [0.717, 1.165) is 0 Å². The van der Waals surface area contributed by atoms with Crippen LogP contribution in [0.15, 0.2) is 24.5 Å². The van der Waals surface area contributed by atoms with E-state index in [-0.39, 0.29) is 30.1 Å². The number of aryl methyl sites for hydroxylation is 1. The van der Waals surface area contributed by atoms with Crippen LogP contribution in [0.3, 0.4) is 0 Å². The quantitative estimate of drug-likeness (QED) is 0.783. The van der Waals surface area contributed by atoms with Crippen molar-refractivity contribution < 1.29 is 17.9 Å². The van der Waals surface area contributed by atoms with Gasteiger partial charge in [0.25, 0.3) is 5.91 Å². The van der Waals surface area contributed by atoms with Crippen molar-refractivity contribution in [1.29, 1.82) is 0 Å². The molecule has 1 fully saturated rings. The lowest BCUT2D eigenvalue weighted by Gasteiger charge is -2.22. The SMILES string of the molecule is Cc1nc(COc2cccnc2)sc1C(=O)N(C)C1CCS(=O)(=O)C1. The summed E-state index contributed by atoms with van der Waals surface area (Å²) in [6, 6.07) is 3.31. The summed E-state index contributed by atoms with van der Waals surface area (Å²) in [4.78, 5) is 23.1. The van der Waals surface area contributed by atoms with Gasteiger partial charge in [0.2, 0.25) is 0 Å². The Morgan fingerprint density at radius 2 is 2.28 bits per heavy atom. The molecule has 3 heterocycles. The Hall–Kier alpha value is -2.00. The van der Waals surface area contributed by atoms with Crippen LogP contribution < -0.4 is 4.74 Å². The fraction of sp³-hybridized carbons (Fsp3) is 0.438. The highest BCUT2D eigenvalue weighted by Crippen LogP contribution is 2.24. The summed E-state index contributed by atoms with van der Waals surface area (Å²) in [5.74, 6) is 0.617. The lowest BCUT2D eigenvalue weighted by molar-refractivity contribution is 0.0751. The van der Waals surface area contributed by atoms with Gasteiger partial charge >= 0.3 is 0 Å². The van der Waals surface area contributed by atoms with Crippen LogP contribution in [0.1, 0.15) is 26.8 Å². The van der Waals surface area contributed by atoms with Gasteiger partial charge in [0.15, 0.2) is 9.84 Å². The van der Waals surface area contributed by atoms with E-state index in [1.807, 2.05) is 0 Å². The number of nitrogens with zero attached hydrogens (tertiary/aromatic N) is 3. The first-order chi connectivity index (χ1) is 11.9. The predicted octanol–water partition coefficient (Wildman–Crippen LogP) is 1.68. The lowest BCUT2D eigenvalue weighted by atomic mass is 10.2. The van der Waals surface area contributed by atoms with E-state index in [4.69, 9.17) is 4.74 Å². The van der Waals surface area contributed by atoms with Crippen molar-refractivity contribution in [2.45, 2.75) is 26.0 Å². The number of hydrogen-bond acceptors (Lipinski definition) is 7. The average Bonchev–Trinajstić information content (AvgIpc) is 3.14. The van der Waals surface area contributed by atoms with E-state index < -0.39 is 9.84 Å². The third kappa shape index (κ3) is 4.16. The van der Waals surface area contributed by atoms with Crippen molar-refractivity contribution in [3.05, 3.63) is 40.1 Å². The van der Waals surface area contributed by atoms with Crippen molar-refractivity contribution in [2.24, 2.45) is 0 Å². The summed E-state index contributed by atoms with van der Waals surface area (Å²) < 4.78 is 28.9. The minimum atomic E-state index is -3.03. The maximum absolute atomic E-state index is 12.7. The molecule has 0 saturated carbocycles. The van der Waals surface area contributed by atoms with E-state index in [1.165, 1.54) is 16.2 Å². The summed E-state index contributed by atoms with van der Waals surface area (Å²) in [5.41, 5.74) is 0.632. The number of sulfone groups is 1. The second kappa shape index (κ2) is 7.09. The fourth-order valence-corrected chi connectivity index (χ4v) is 5.43. The molecule has 1 aliphatic rings. The zero-order valence-corrected chi connectivity index (χ0v) is 15.6. The molecule has 2 aromatic rings. The molecule has 134 valence electrons. The molecule has 25 heavy (non-hydrogen) atoms. The summed E-state index contributed by atoms with van der Waals surface area (Å²) in [6.07, 6.45) is 3.76. The highest BCUT2D eigenvalue weighted by molar-refractivity contribution is 7.91. The second-order valence-electron chi connectivity index (χ2n) is 5.97. The number of ether oxygens (including phenoxy) is 1. The van der Waals surface area contributed by atoms with Crippen molar-refractivity contribution in [1.82, 2.24) is 14.9 Å². The molecule has 0 N–H and O–H groups in total. The van der Waals surface area contributed by atoms with Crippen molar-refractivity contribution >= 4 is 27.1 Å². The number of carbonyl (C=O) groups excluding carboxylic acids is 1. The first kappa shape index (κ1) is 17.8. The molecule has 1 atom stereocenters. The monoisotopic (exact) mass is 381 g/mol. The van der Waals surface area contributed by atoms with E-state index >= 15 is 0 Å². The highest BCUT2D eigenvalue weighted by Gasteiger charge is 2.34. The molecule has 9 heteroatoms. The minimum absolute atomic E-state index is 0.0318. The summed E-state index contributed by atoms with van der Waals surface area (Å²) in [6.45, 7) is 2.03. The molecule has 3 rings (SSSR count). The zero-order valence-electron chi connectivity index (χ0n) is 14.0. The number of aromatic nitrogens is 2. The fourth-order valence-electron chi connectivity index (χ4n) is 2.70. The van der Waals surface area contributed by atoms with Crippen molar-refractivity contribution in [2.75, 3.05) is 18.6 Å². The van der Waals surface area contributed by atoms with Crippen LogP contribution in [-0.2, 0) is 16.4 Å². The first-order valence-electron chi connectivity index (χ1n) is 7.82. The molecular formula is C16H19N3O4S2. The largest absolute Gasteiger partial charge is 0.485 e. The maximum Gasteiger partial charge on any atom is 0.265 e. The highest BCUT2D eigenvalue weighted by atomic mass is 32.2. The van der Waals surface area contributed by atoms with Gasteiger partial charge in [-0.25, -0.2) is 13.4 Å². The van der Waals surface area contributed by atoms with Gasteiger partial charge in [0.05, 0.1) is 23.4 Å². The zero-order chi connectivity index (χ0) is 18.0. The molecule has 1 unspecified atom stereocenters. The van der Waals surface area contributed by atoms with Gasteiger partial charge in [-0.15, -0.1) is 11.3 Å². The van der Waals surface area contributed by atoms with Gasteiger partial charge < -0.3 is 9.64 Å². The third-order valence-corrected chi connectivity index (χ3v) is 6.98. The Bertz CT molecular complexity index is 865. The number of rotatable bonds is 5. The van der Waals surface area contributed by atoms with E-state index in [1.54, 1.807) is 38.5 Å². The van der Waals surface area contributed by atoms with Crippen LogP contribution in [0.2, 0.25) is 0 Å². The molecule has 0 aromatic carbocycles. The van der Waals surface area contributed by atoms with E-state index in [2.05, 4.69) is 9.97 Å². The van der Waals surface area contributed by atoms with E-state index in [9.17, 15) is 13.2 Å². The summed E-state index contributed by atoms with van der Waals surface area (Å²) in [5, 5.41) is 0.692.